The van der Waals surface area contributed by atoms with Gasteiger partial charge in [0.15, 0.2) is 0 Å². The van der Waals surface area contributed by atoms with Crippen LogP contribution in [0.3, 0.4) is 0 Å². The SMILES string of the molecule is C[C@@H]1CNc2c(sc3ccc4nc(N5CCC(N6CCC7(CC6)CN(c6ccc8c(c6)n(C)c(=O)n8C6CCC(=O)NC6=O)C7)CC5)ccc4c23)C(=O)N1. The van der Waals surface area contributed by atoms with Crippen LogP contribution in [0, 0.1) is 5.41 Å². The fourth-order valence-electron chi connectivity index (χ4n) is 9.76. The lowest BCUT2D eigenvalue weighted by atomic mass is 9.71. The second kappa shape index (κ2) is 12.6. The molecule has 2 atom stereocenters. The summed E-state index contributed by atoms with van der Waals surface area (Å²) in [5, 5.41) is 11.2. The first kappa shape index (κ1) is 33.6. The Hall–Kier alpha value is -4.95. The third kappa shape index (κ3) is 5.39. The van der Waals surface area contributed by atoms with Crippen LogP contribution in [-0.2, 0) is 16.6 Å². The number of rotatable bonds is 4. The summed E-state index contributed by atoms with van der Waals surface area (Å²) in [4.78, 5) is 63.9. The number of fused-ring (bicyclic) bond motifs is 6. The van der Waals surface area contributed by atoms with Gasteiger partial charge in [-0.1, -0.05) is 0 Å². The molecule has 54 heavy (non-hydrogen) atoms. The van der Waals surface area contributed by atoms with Crippen molar-refractivity contribution in [2.24, 2.45) is 12.5 Å². The lowest BCUT2D eigenvalue weighted by Crippen LogP contribution is -2.61. The van der Waals surface area contributed by atoms with Crippen LogP contribution in [0.1, 0.15) is 61.2 Å². The van der Waals surface area contributed by atoms with Crippen molar-refractivity contribution in [1.82, 2.24) is 29.7 Å². The maximum atomic E-state index is 13.2. The third-order valence-electron chi connectivity index (χ3n) is 12.9. The van der Waals surface area contributed by atoms with E-state index in [1.165, 1.54) is 12.8 Å². The number of aromatic nitrogens is 3. The molecule has 1 spiro atoms. The van der Waals surface area contributed by atoms with Crippen LogP contribution >= 0.6 is 11.3 Å². The molecule has 4 saturated heterocycles. The Bertz CT molecular complexity index is 2430. The Morgan fingerprint density at radius 3 is 2.46 bits per heavy atom. The van der Waals surface area contributed by atoms with E-state index >= 15 is 0 Å². The van der Waals surface area contributed by atoms with Gasteiger partial charge in [0.1, 0.15) is 16.7 Å². The van der Waals surface area contributed by atoms with Gasteiger partial charge in [-0.05, 0) is 94.6 Å². The van der Waals surface area contributed by atoms with Crippen molar-refractivity contribution in [1.29, 1.82) is 0 Å². The first-order valence-electron chi connectivity index (χ1n) is 19.3. The molecule has 2 aromatic carbocycles. The molecule has 1 unspecified atom stereocenters. The van der Waals surface area contributed by atoms with Crippen molar-refractivity contribution >= 4 is 78.3 Å². The minimum absolute atomic E-state index is 0.00606. The molecule has 14 heteroatoms. The highest BCUT2D eigenvalue weighted by Gasteiger charge is 2.46. The zero-order chi connectivity index (χ0) is 36.9. The highest BCUT2D eigenvalue weighted by Crippen LogP contribution is 2.45. The van der Waals surface area contributed by atoms with Crippen molar-refractivity contribution < 1.29 is 14.4 Å². The van der Waals surface area contributed by atoms with Gasteiger partial charge in [-0.25, -0.2) is 9.78 Å². The molecule has 0 saturated carbocycles. The van der Waals surface area contributed by atoms with Gasteiger partial charge in [-0.2, -0.15) is 0 Å². The quantitative estimate of drug-likeness (QED) is 0.231. The number of anilines is 3. The number of hydrogen-bond acceptors (Lipinski definition) is 10. The molecule has 10 rings (SSSR count). The number of likely N-dealkylation sites (tertiary alicyclic amines) is 1. The van der Waals surface area contributed by atoms with Crippen LogP contribution in [-0.4, -0.2) is 94.6 Å². The molecule has 0 bridgehead atoms. The Morgan fingerprint density at radius 1 is 0.889 bits per heavy atom. The molecular formula is C40H45N9O4S. The molecule has 13 nitrogen and oxygen atoms in total. The van der Waals surface area contributed by atoms with E-state index in [0.29, 0.717) is 24.4 Å². The monoisotopic (exact) mass is 747 g/mol. The second-order valence-electron chi connectivity index (χ2n) is 16.2. The summed E-state index contributed by atoms with van der Waals surface area (Å²) in [5.74, 6) is 0.325. The first-order valence-corrected chi connectivity index (χ1v) is 20.2. The van der Waals surface area contributed by atoms with E-state index in [0.717, 1.165) is 106 Å². The number of nitrogens with zero attached hydrogens (tertiary/aromatic N) is 6. The van der Waals surface area contributed by atoms with Gasteiger partial charge in [0.25, 0.3) is 5.91 Å². The standard InChI is InChI=1S/C40H45N9O4S/c1-23-20-41-35-34-26-4-9-32(43-27(26)5-8-31(34)54-36(35)38(52)42-23)47-15-11-24(12-16-47)46-17-13-40(14-18-46)21-48(22-40)25-3-6-28-30(19-25)45(2)39(53)49(28)29-7-10-33(50)44-37(29)51/h3-6,8-9,19,23-24,29,41H,7,10-18,20-22H2,1-2H3,(H,42,52)(H,44,50,51)/t23-,29?/m1/s1. The van der Waals surface area contributed by atoms with Crippen LogP contribution in [0.5, 0.6) is 0 Å². The molecule has 5 aromatic rings. The number of amides is 3. The number of imidazole rings is 1. The fraction of sp³-hybridized carbons (Fsp3) is 0.475. The highest BCUT2D eigenvalue weighted by atomic mass is 32.1. The van der Waals surface area contributed by atoms with E-state index < -0.39 is 11.9 Å². The summed E-state index contributed by atoms with van der Waals surface area (Å²) in [6, 6.07) is 14.6. The van der Waals surface area contributed by atoms with Gasteiger partial charge < -0.3 is 25.3 Å². The topological polar surface area (TPSA) is 137 Å². The summed E-state index contributed by atoms with van der Waals surface area (Å²) in [6.07, 6.45) is 5.21. The molecule has 5 aliphatic rings. The lowest BCUT2D eigenvalue weighted by molar-refractivity contribution is -0.135. The molecule has 4 fully saturated rings. The maximum Gasteiger partial charge on any atom is 0.329 e. The molecule has 5 aliphatic heterocycles. The molecule has 280 valence electrons. The molecule has 3 amide bonds. The maximum absolute atomic E-state index is 13.2. The average Bonchev–Trinajstić information content (AvgIpc) is 3.62. The highest BCUT2D eigenvalue weighted by molar-refractivity contribution is 7.21. The minimum atomic E-state index is -0.673. The molecule has 8 heterocycles. The second-order valence-corrected chi connectivity index (χ2v) is 17.3. The van der Waals surface area contributed by atoms with Crippen molar-refractivity contribution in [3.8, 4) is 0 Å². The van der Waals surface area contributed by atoms with Crippen molar-refractivity contribution in [3.05, 3.63) is 57.8 Å². The minimum Gasteiger partial charge on any atom is -0.381 e. The summed E-state index contributed by atoms with van der Waals surface area (Å²) >= 11 is 1.55. The van der Waals surface area contributed by atoms with Gasteiger partial charge in [0.05, 0.1) is 22.2 Å². The van der Waals surface area contributed by atoms with Gasteiger partial charge in [0, 0.05) is 84.9 Å². The zero-order valence-corrected chi connectivity index (χ0v) is 31.5. The Morgan fingerprint density at radius 2 is 1.69 bits per heavy atom. The van der Waals surface area contributed by atoms with Crippen LogP contribution in [0.2, 0.25) is 0 Å². The number of hydrogen-bond donors (Lipinski definition) is 3. The molecule has 3 aromatic heterocycles. The third-order valence-corrected chi connectivity index (χ3v) is 14.0. The number of thiophene rings is 1. The summed E-state index contributed by atoms with van der Waals surface area (Å²) in [7, 11) is 1.75. The Labute approximate surface area is 316 Å². The number of pyridine rings is 1. The molecule has 3 N–H and O–H groups in total. The zero-order valence-electron chi connectivity index (χ0n) is 30.7. The average molecular weight is 748 g/mol. The van der Waals surface area contributed by atoms with Gasteiger partial charge in [-0.15, -0.1) is 11.3 Å². The van der Waals surface area contributed by atoms with Crippen LogP contribution in [0.15, 0.2) is 47.3 Å². The van der Waals surface area contributed by atoms with Gasteiger partial charge >= 0.3 is 5.69 Å². The summed E-state index contributed by atoms with van der Waals surface area (Å²) in [6.45, 7) is 8.99. The number of aryl methyl sites for hydroxylation is 1. The van der Waals surface area contributed by atoms with Crippen LogP contribution in [0.4, 0.5) is 17.2 Å². The van der Waals surface area contributed by atoms with E-state index in [-0.39, 0.29) is 30.0 Å². The number of piperidine rings is 3. The van der Waals surface area contributed by atoms with Crippen LogP contribution < -0.4 is 31.4 Å². The number of imide groups is 1. The summed E-state index contributed by atoms with van der Waals surface area (Å²) in [5.41, 5.74) is 4.63. The first-order chi connectivity index (χ1) is 26.1. The molecule has 0 aliphatic carbocycles. The van der Waals surface area contributed by atoms with E-state index in [2.05, 4.69) is 67.0 Å². The van der Waals surface area contributed by atoms with Crippen LogP contribution in [0.25, 0.3) is 32.0 Å². The van der Waals surface area contributed by atoms with E-state index in [9.17, 15) is 19.2 Å². The fourth-order valence-corrected chi connectivity index (χ4v) is 10.9. The Balaban J connectivity index is 0.762. The largest absolute Gasteiger partial charge is 0.381 e. The Kier molecular flexibility index (Phi) is 7.81. The number of carbonyl (C=O) groups is 3. The number of benzene rings is 2. The van der Waals surface area contributed by atoms with E-state index in [4.69, 9.17) is 4.98 Å². The molecular weight excluding hydrogens is 703 g/mol. The van der Waals surface area contributed by atoms with Crippen molar-refractivity contribution in [2.45, 2.75) is 63.6 Å². The smallest absolute Gasteiger partial charge is 0.329 e. The normalized spacial score (nSPS) is 23.7. The van der Waals surface area contributed by atoms with E-state index in [1.807, 2.05) is 13.0 Å². The molecule has 0 radical (unpaired) electrons. The van der Waals surface area contributed by atoms with Gasteiger partial charge in [0.2, 0.25) is 11.8 Å². The predicted molar refractivity (Wildman–Crippen MR) is 212 cm³/mol. The predicted octanol–water partition coefficient (Wildman–Crippen LogP) is 4.20. The van der Waals surface area contributed by atoms with Gasteiger partial charge in [-0.3, -0.25) is 28.8 Å². The number of nitrogens with one attached hydrogen (secondary N) is 3. The lowest BCUT2D eigenvalue weighted by Gasteiger charge is -2.56. The van der Waals surface area contributed by atoms with Crippen molar-refractivity contribution in [3.63, 3.8) is 0 Å². The van der Waals surface area contributed by atoms with Crippen molar-refractivity contribution in [2.75, 3.05) is 60.9 Å². The summed E-state index contributed by atoms with van der Waals surface area (Å²) < 4.78 is 4.27. The van der Waals surface area contributed by atoms with E-state index in [1.54, 1.807) is 27.5 Å². The number of carbonyl (C=O) groups excluding carboxylic acids is 3.